The van der Waals surface area contributed by atoms with Crippen LogP contribution in [-0.4, -0.2) is 21.5 Å². The third kappa shape index (κ3) is 3.22. The van der Waals surface area contributed by atoms with Crippen molar-refractivity contribution in [1.29, 1.82) is 0 Å². The van der Waals surface area contributed by atoms with E-state index >= 15 is 0 Å². The Kier molecular flexibility index (Phi) is 4.19. The smallest absolute Gasteiger partial charge is 0.262 e. The summed E-state index contributed by atoms with van der Waals surface area (Å²) < 4.78 is 5.31. The molecule has 2 rings (SSSR count). The van der Waals surface area contributed by atoms with Crippen molar-refractivity contribution in [2.45, 2.75) is 37.4 Å². The van der Waals surface area contributed by atoms with E-state index in [2.05, 4.69) is 20.3 Å². The first-order valence-electron chi connectivity index (χ1n) is 5.93. The van der Waals surface area contributed by atoms with Crippen LogP contribution in [0.5, 0.6) is 0 Å². The van der Waals surface area contributed by atoms with Gasteiger partial charge < -0.3 is 9.73 Å². The van der Waals surface area contributed by atoms with Gasteiger partial charge in [0.1, 0.15) is 22.9 Å². The average molecular weight is 264 g/mol. The minimum absolute atomic E-state index is 0.607. The SMILES string of the molecule is CCNc1cc(Sc2nc(C)co2)nc(CC)n1. The van der Waals surface area contributed by atoms with Gasteiger partial charge in [0.15, 0.2) is 0 Å². The Morgan fingerprint density at radius 1 is 1.28 bits per heavy atom. The van der Waals surface area contributed by atoms with Gasteiger partial charge in [0.05, 0.1) is 5.69 Å². The molecule has 0 amide bonds. The highest BCUT2D eigenvalue weighted by molar-refractivity contribution is 7.99. The first kappa shape index (κ1) is 12.9. The summed E-state index contributed by atoms with van der Waals surface area (Å²) in [7, 11) is 0. The summed E-state index contributed by atoms with van der Waals surface area (Å²) in [4.78, 5) is 13.1. The van der Waals surface area contributed by atoms with E-state index in [1.54, 1.807) is 6.26 Å². The Labute approximate surface area is 110 Å². The summed E-state index contributed by atoms with van der Waals surface area (Å²) in [6.45, 7) is 6.81. The Bertz CT molecular complexity index is 527. The van der Waals surface area contributed by atoms with Crippen molar-refractivity contribution in [3.05, 3.63) is 23.8 Å². The van der Waals surface area contributed by atoms with Crippen molar-refractivity contribution >= 4 is 17.6 Å². The zero-order valence-corrected chi connectivity index (χ0v) is 11.5. The second-order valence-corrected chi connectivity index (χ2v) is 4.72. The number of oxazole rings is 1. The van der Waals surface area contributed by atoms with Gasteiger partial charge in [-0.1, -0.05) is 6.92 Å². The molecule has 2 aromatic rings. The molecule has 6 heteroatoms. The second kappa shape index (κ2) is 5.86. The fourth-order valence-corrected chi connectivity index (χ4v) is 2.21. The summed E-state index contributed by atoms with van der Waals surface area (Å²) in [5.74, 6) is 1.66. The summed E-state index contributed by atoms with van der Waals surface area (Å²) in [6, 6.07) is 1.91. The molecule has 2 heterocycles. The number of aromatic nitrogens is 3. The van der Waals surface area contributed by atoms with Gasteiger partial charge in [-0.25, -0.2) is 15.0 Å². The van der Waals surface area contributed by atoms with Crippen molar-refractivity contribution in [1.82, 2.24) is 15.0 Å². The first-order chi connectivity index (χ1) is 8.71. The van der Waals surface area contributed by atoms with Crippen LogP contribution in [0.3, 0.4) is 0 Å². The molecule has 0 fully saturated rings. The largest absolute Gasteiger partial charge is 0.439 e. The Morgan fingerprint density at radius 2 is 2.11 bits per heavy atom. The molecular weight excluding hydrogens is 248 g/mol. The molecule has 18 heavy (non-hydrogen) atoms. The topological polar surface area (TPSA) is 63.8 Å². The minimum atomic E-state index is 0.607. The fourth-order valence-electron chi connectivity index (χ4n) is 1.42. The van der Waals surface area contributed by atoms with Gasteiger partial charge in [0.25, 0.3) is 5.22 Å². The maximum atomic E-state index is 5.31. The zero-order chi connectivity index (χ0) is 13.0. The number of hydrogen-bond acceptors (Lipinski definition) is 6. The predicted octanol–water partition coefficient (Wildman–Crippen LogP) is 2.92. The zero-order valence-electron chi connectivity index (χ0n) is 10.7. The van der Waals surface area contributed by atoms with Crippen molar-refractivity contribution in [3.63, 3.8) is 0 Å². The molecule has 0 aliphatic carbocycles. The summed E-state index contributed by atoms with van der Waals surface area (Å²) in [5, 5.41) is 4.65. The van der Waals surface area contributed by atoms with Crippen LogP contribution in [0.2, 0.25) is 0 Å². The highest BCUT2D eigenvalue weighted by Gasteiger charge is 2.08. The van der Waals surface area contributed by atoms with Crippen LogP contribution >= 0.6 is 11.8 Å². The molecule has 0 aliphatic heterocycles. The van der Waals surface area contributed by atoms with Crippen molar-refractivity contribution in [3.8, 4) is 0 Å². The quantitative estimate of drug-likeness (QED) is 0.838. The molecule has 0 spiro atoms. The molecule has 1 N–H and O–H groups in total. The Hall–Kier alpha value is -1.56. The number of hydrogen-bond donors (Lipinski definition) is 1. The lowest BCUT2D eigenvalue weighted by atomic mass is 10.4. The molecular formula is C12H16N4OS. The number of nitrogens with zero attached hydrogens (tertiary/aromatic N) is 3. The van der Waals surface area contributed by atoms with Crippen molar-refractivity contribution < 1.29 is 4.42 Å². The van der Waals surface area contributed by atoms with E-state index in [9.17, 15) is 0 Å². The van der Waals surface area contributed by atoms with Crippen LogP contribution in [0.25, 0.3) is 0 Å². The van der Waals surface area contributed by atoms with E-state index in [0.29, 0.717) is 5.22 Å². The molecule has 2 aromatic heterocycles. The standard InChI is InChI=1S/C12H16N4OS/c1-4-9-15-10(13-5-2)6-11(16-9)18-12-14-8(3)7-17-12/h6-7H,4-5H2,1-3H3,(H,13,15,16). The average Bonchev–Trinajstić information content (AvgIpc) is 2.75. The van der Waals surface area contributed by atoms with Gasteiger partial charge >= 0.3 is 0 Å². The molecule has 0 saturated heterocycles. The van der Waals surface area contributed by atoms with E-state index in [1.165, 1.54) is 11.8 Å². The maximum absolute atomic E-state index is 5.31. The summed E-state index contributed by atoms with van der Waals surface area (Å²) >= 11 is 1.41. The van der Waals surface area contributed by atoms with Gasteiger partial charge in [-0.15, -0.1) is 0 Å². The third-order valence-electron chi connectivity index (χ3n) is 2.21. The van der Waals surface area contributed by atoms with Crippen LogP contribution < -0.4 is 5.32 Å². The maximum Gasteiger partial charge on any atom is 0.262 e. The van der Waals surface area contributed by atoms with Crippen LogP contribution in [-0.2, 0) is 6.42 Å². The molecule has 0 aliphatic rings. The van der Waals surface area contributed by atoms with E-state index in [4.69, 9.17) is 4.42 Å². The van der Waals surface area contributed by atoms with Crippen molar-refractivity contribution in [2.24, 2.45) is 0 Å². The normalized spacial score (nSPS) is 10.6. The van der Waals surface area contributed by atoms with Gasteiger partial charge in [0.2, 0.25) is 0 Å². The Balaban J connectivity index is 2.23. The molecule has 0 unspecified atom stereocenters. The van der Waals surface area contributed by atoms with Gasteiger partial charge in [-0.05, 0) is 25.6 Å². The van der Waals surface area contributed by atoms with E-state index in [1.807, 2.05) is 26.8 Å². The second-order valence-electron chi connectivity index (χ2n) is 3.75. The monoisotopic (exact) mass is 264 g/mol. The highest BCUT2D eigenvalue weighted by atomic mass is 32.2. The van der Waals surface area contributed by atoms with Crippen LogP contribution in [0, 0.1) is 6.92 Å². The number of anilines is 1. The highest BCUT2D eigenvalue weighted by Crippen LogP contribution is 2.26. The van der Waals surface area contributed by atoms with Crippen LogP contribution in [0.1, 0.15) is 25.4 Å². The molecule has 5 nitrogen and oxygen atoms in total. The van der Waals surface area contributed by atoms with E-state index in [0.717, 1.165) is 35.3 Å². The molecule has 0 bridgehead atoms. The fraction of sp³-hybridized carbons (Fsp3) is 0.417. The van der Waals surface area contributed by atoms with E-state index in [-0.39, 0.29) is 0 Å². The molecule has 0 aromatic carbocycles. The summed E-state index contributed by atoms with van der Waals surface area (Å²) in [5.41, 5.74) is 0.870. The van der Waals surface area contributed by atoms with Crippen LogP contribution in [0.4, 0.5) is 5.82 Å². The molecule has 0 radical (unpaired) electrons. The third-order valence-corrected chi connectivity index (χ3v) is 2.99. The molecule has 96 valence electrons. The lowest BCUT2D eigenvalue weighted by Crippen LogP contribution is -2.03. The first-order valence-corrected chi connectivity index (χ1v) is 6.74. The van der Waals surface area contributed by atoms with Gasteiger partial charge in [-0.3, -0.25) is 0 Å². The molecule has 0 saturated carbocycles. The Morgan fingerprint density at radius 3 is 2.72 bits per heavy atom. The van der Waals surface area contributed by atoms with Gasteiger partial charge in [-0.2, -0.15) is 0 Å². The summed E-state index contributed by atoms with van der Waals surface area (Å²) in [6.07, 6.45) is 2.44. The number of nitrogens with one attached hydrogen (secondary N) is 1. The number of aryl methyl sites for hydroxylation is 2. The lowest BCUT2D eigenvalue weighted by molar-refractivity contribution is 0.453. The van der Waals surface area contributed by atoms with Gasteiger partial charge in [0, 0.05) is 19.0 Å². The van der Waals surface area contributed by atoms with E-state index < -0.39 is 0 Å². The van der Waals surface area contributed by atoms with Crippen LogP contribution in [0.15, 0.2) is 27.0 Å². The number of rotatable bonds is 5. The minimum Gasteiger partial charge on any atom is -0.439 e. The predicted molar refractivity (Wildman–Crippen MR) is 70.9 cm³/mol. The van der Waals surface area contributed by atoms with Crippen molar-refractivity contribution in [2.75, 3.05) is 11.9 Å². The molecule has 0 atom stereocenters. The lowest BCUT2D eigenvalue weighted by Gasteiger charge is -2.06.